The molecule has 1 aromatic carbocycles. The molecular weight excluding hydrogens is 239 g/mol. The quantitative estimate of drug-likeness (QED) is 0.903. The normalized spacial score (nSPS) is 27.3. The van der Waals surface area contributed by atoms with E-state index in [0.717, 1.165) is 24.7 Å². The number of anilines is 1. The predicted molar refractivity (Wildman–Crippen MR) is 78.8 cm³/mol. The summed E-state index contributed by atoms with van der Waals surface area (Å²) in [5.74, 6) is 0.580. The van der Waals surface area contributed by atoms with Gasteiger partial charge in [-0.15, -0.1) is 0 Å². The van der Waals surface area contributed by atoms with Crippen LogP contribution in [0.15, 0.2) is 24.3 Å². The Morgan fingerprint density at radius 2 is 2.05 bits per heavy atom. The lowest BCUT2D eigenvalue weighted by Crippen LogP contribution is -2.44. The van der Waals surface area contributed by atoms with E-state index in [9.17, 15) is 4.39 Å². The third-order valence-electron chi connectivity index (χ3n) is 4.46. The molecule has 2 N–H and O–H groups in total. The van der Waals surface area contributed by atoms with Crippen molar-refractivity contribution in [1.82, 2.24) is 0 Å². The van der Waals surface area contributed by atoms with Gasteiger partial charge in [0.1, 0.15) is 5.82 Å². The van der Waals surface area contributed by atoms with E-state index in [1.54, 1.807) is 0 Å². The molecule has 0 bridgehead atoms. The lowest BCUT2D eigenvalue weighted by molar-refractivity contribution is 0.161. The summed E-state index contributed by atoms with van der Waals surface area (Å²) in [4.78, 5) is 2.21. The van der Waals surface area contributed by atoms with Gasteiger partial charge in [-0.25, -0.2) is 4.39 Å². The summed E-state index contributed by atoms with van der Waals surface area (Å²) in [5.41, 5.74) is 7.35. The highest BCUT2D eigenvalue weighted by Gasteiger charge is 2.34. The Balaban J connectivity index is 2.07. The van der Waals surface area contributed by atoms with Crippen molar-refractivity contribution in [1.29, 1.82) is 0 Å². The molecule has 2 atom stereocenters. The molecule has 0 spiro atoms. The molecule has 0 saturated heterocycles. The van der Waals surface area contributed by atoms with E-state index in [-0.39, 0.29) is 11.2 Å². The van der Waals surface area contributed by atoms with Gasteiger partial charge in [0, 0.05) is 24.7 Å². The second kappa shape index (κ2) is 5.91. The third-order valence-corrected chi connectivity index (χ3v) is 4.46. The van der Waals surface area contributed by atoms with Crippen molar-refractivity contribution < 1.29 is 4.39 Å². The topological polar surface area (TPSA) is 29.3 Å². The maximum atomic E-state index is 13.0. The molecule has 0 amide bonds. The van der Waals surface area contributed by atoms with Crippen molar-refractivity contribution >= 4 is 5.69 Å². The number of halogens is 1. The molecule has 0 heterocycles. The zero-order chi connectivity index (χ0) is 13.9. The van der Waals surface area contributed by atoms with Crippen LogP contribution in [0.3, 0.4) is 0 Å². The van der Waals surface area contributed by atoms with Gasteiger partial charge >= 0.3 is 0 Å². The summed E-state index contributed by atoms with van der Waals surface area (Å²) in [6, 6.07) is 6.71. The van der Waals surface area contributed by atoms with E-state index >= 15 is 0 Å². The van der Waals surface area contributed by atoms with Gasteiger partial charge in [-0.1, -0.05) is 19.8 Å². The zero-order valence-corrected chi connectivity index (χ0v) is 12.0. The van der Waals surface area contributed by atoms with Crippen LogP contribution in [0.1, 0.15) is 32.6 Å². The van der Waals surface area contributed by atoms with Crippen molar-refractivity contribution in [3.05, 3.63) is 30.1 Å². The van der Waals surface area contributed by atoms with Gasteiger partial charge in [0.15, 0.2) is 0 Å². The highest BCUT2D eigenvalue weighted by atomic mass is 19.1. The van der Waals surface area contributed by atoms with E-state index < -0.39 is 0 Å². The number of rotatable bonds is 4. The highest BCUT2D eigenvalue weighted by molar-refractivity contribution is 5.45. The van der Waals surface area contributed by atoms with Gasteiger partial charge in [0.05, 0.1) is 0 Å². The van der Waals surface area contributed by atoms with Crippen molar-refractivity contribution in [2.24, 2.45) is 17.1 Å². The molecule has 0 aromatic heterocycles. The SMILES string of the molecule is CC1CCCC(CN)(CN(C)c2ccc(F)cc2)C1. The summed E-state index contributed by atoms with van der Waals surface area (Å²) in [5, 5.41) is 0. The second-order valence-electron chi connectivity index (χ2n) is 6.24. The average Bonchev–Trinajstić information content (AvgIpc) is 2.39. The summed E-state index contributed by atoms with van der Waals surface area (Å²) in [6.07, 6.45) is 5.01. The molecule has 19 heavy (non-hydrogen) atoms. The van der Waals surface area contributed by atoms with Gasteiger partial charge in [-0.2, -0.15) is 0 Å². The van der Waals surface area contributed by atoms with Crippen LogP contribution in [0.25, 0.3) is 0 Å². The number of hydrogen-bond donors (Lipinski definition) is 1. The van der Waals surface area contributed by atoms with E-state index in [2.05, 4.69) is 18.9 Å². The molecule has 2 unspecified atom stereocenters. The Morgan fingerprint density at radius 3 is 2.63 bits per heavy atom. The number of nitrogens with two attached hydrogens (primary N) is 1. The molecule has 1 aliphatic carbocycles. The Kier molecular flexibility index (Phi) is 4.46. The van der Waals surface area contributed by atoms with Crippen LogP contribution in [0.5, 0.6) is 0 Å². The molecule has 1 aromatic rings. The third kappa shape index (κ3) is 3.47. The monoisotopic (exact) mass is 264 g/mol. The molecule has 1 fully saturated rings. The molecule has 1 aliphatic rings. The first-order valence-corrected chi connectivity index (χ1v) is 7.21. The maximum Gasteiger partial charge on any atom is 0.123 e. The number of benzene rings is 1. The van der Waals surface area contributed by atoms with Crippen LogP contribution < -0.4 is 10.6 Å². The van der Waals surface area contributed by atoms with Crippen LogP contribution in [-0.4, -0.2) is 20.1 Å². The zero-order valence-electron chi connectivity index (χ0n) is 12.0. The maximum absolute atomic E-state index is 13.0. The minimum atomic E-state index is -0.183. The van der Waals surface area contributed by atoms with Gasteiger partial charge in [0.25, 0.3) is 0 Å². The smallest absolute Gasteiger partial charge is 0.123 e. The van der Waals surface area contributed by atoms with Gasteiger partial charge in [-0.05, 0) is 49.6 Å². The molecular formula is C16H25FN2. The summed E-state index contributed by atoms with van der Waals surface area (Å²) < 4.78 is 13.0. The summed E-state index contributed by atoms with van der Waals surface area (Å²) in [7, 11) is 2.07. The molecule has 2 nitrogen and oxygen atoms in total. The Hall–Kier alpha value is -1.09. The lowest BCUT2D eigenvalue weighted by atomic mass is 9.70. The predicted octanol–water partition coefficient (Wildman–Crippen LogP) is 3.42. The van der Waals surface area contributed by atoms with Crippen LogP contribution in [0.2, 0.25) is 0 Å². The van der Waals surface area contributed by atoms with Crippen molar-refractivity contribution in [2.45, 2.75) is 32.6 Å². The highest BCUT2D eigenvalue weighted by Crippen LogP contribution is 2.39. The summed E-state index contributed by atoms with van der Waals surface area (Å²) in [6.45, 7) is 4.02. The fourth-order valence-corrected chi connectivity index (χ4v) is 3.45. The van der Waals surface area contributed by atoms with E-state index in [1.165, 1.54) is 37.8 Å². The molecule has 0 aliphatic heterocycles. The van der Waals surface area contributed by atoms with Gasteiger partial charge in [0.2, 0.25) is 0 Å². The van der Waals surface area contributed by atoms with E-state index in [1.807, 2.05) is 12.1 Å². The molecule has 3 heteroatoms. The fraction of sp³-hybridized carbons (Fsp3) is 0.625. The summed E-state index contributed by atoms with van der Waals surface area (Å²) >= 11 is 0. The van der Waals surface area contributed by atoms with Crippen molar-refractivity contribution in [3.63, 3.8) is 0 Å². The molecule has 2 rings (SSSR count). The lowest BCUT2D eigenvalue weighted by Gasteiger charge is -2.42. The largest absolute Gasteiger partial charge is 0.374 e. The standard InChI is InChI=1S/C16H25FN2/c1-13-4-3-9-16(10-13,11-18)12-19(2)15-7-5-14(17)6-8-15/h5-8,13H,3-4,9-12,18H2,1-2H3. The molecule has 1 saturated carbocycles. The Labute approximate surface area is 115 Å². The molecule has 0 radical (unpaired) electrons. The first-order valence-electron chi connectivity index (χ1n) is 7.21. The number of hydrogen-bond acceptors (Lipinski definition) is 2. The van der Waals surface area contributed by atoms with Crippen LogP contribution in [0.4, 0.5) is 10.1 Å². The first kappa shape index (κ1) is 14.3. The number of nitrogens with zero attached hydrogens (tertiary/aromatic N) is 1. The van der Waals surface area contributed by atoms with Crippen LogP contribution >= 0.6 is 0 Å². The average molecular weight is 264 g/mol. The van der Waals surface area contributed by atoms with Crippen molar-refractivity contribution in [2.75, 3.05) is 25.0 Å². The fourth-order valence-electron chi connectivity index (χ4n) is 3.45. The minimum Gasteiger partial charge on any atom is -0.374 e. The Morgan fingerprint density at radius 1 is 1.37 bits per heavy atom. The molecule has 106 valence electrons. The van der Waals surface area contributed by atoms with E-state index in [4.69, 9.17) is 5.73 Å². The second-order valence-corrected chi connectivity index (χ2v) is 6.24. The van der Waals surface area contributed by atoms with Gasteiger partial charge < -0.3 is 10.6 Å². The van der Waals surface area contributed by atoms with E-state index in [0.29, 0.717) is 0 Å². The Bertz CT molecular complexity index is 404. The van der Waals surface area contributed by atoms with Crippen LogP contribution in [0, 0.1) is 17.2 Å². The minimum absolute atomic E-state index is 0.183. The van der Waals surface area contributed by atoms with Crippen LogP contribution in [-0.2, 0) is 0 Å². The first-order chi connectivity index (χ1) is 9.04. The van der Waals surface area contributed by atoms with Gasteiger partial charge in [-0.3, -0.25) is 0 Å². The van der Waals surface area contributed by atoms with Crippen molar-refractivity contribution in [3.8, 4) is 0 Å².